The maximum Gasteiger partial charge on any atom is 0.307 e. The summed E-state index contributed by atoms with van der Waals surface area (Å²) in [5.74, 6) is -1.24. The summed E-state index contributed by atoms with van der Waals surface area (Å²) in [5, 5.41) is 8.84. The number of allylic oxidation sites excluding steroid dienone is 2. The topological polar surface area (TPSA) is 72.8 Å². The zero-order chi connectivity index (χ0) is 13.1. The molecule has 5 nitrogen and oxygen atoms in total. The van der Waals surface area contributed by atoms with Crippen LogP contribution in [-0.4, -0.2) is 28.1 Å². The molecule has 0 fully saturated rings. The Kier molecular flexibility index (Phi) is 3.85. The van der Waals surface area contributed by atoms with E-state index >= 15 is 0 Å². The zero-order valence-electron chi connectivity index (χ0n) is 10.1. The molecular weight excluding hydrogens is 224 g/mol. The molecule has 0 amide bonds. The number of rotatable bonds is 4. The predicted octanol–water partition coefficient (Wildman–Crippen LogP) is 1.64. The van der Waals surface area contributed by atoms with Gasteiger partial charge in [-0.3, -0.25) is 9.59 Å². The van der Waals surface area contributed by atoms with Crippen LogP contribution in [0.3, 0.4) is 0 Å². The summed E-state index contributed by atoms with van der Waals surface area (Å²) < 4.78 is 0. The van der Waals surface area contributed by atoms with Crippen molar-refractivity contribution in [3.05, 3.63) is 24.3 Å². The molecule has 17 heavy (non-hydrogen) atoms. The molecule has 0 unspecified atom stereocenters. The van der Waals surface area contributed by atoms with Gasteiger partial charge in [0.25, 0.3) is 0 Å². The number of hydrogen-bond acceptors (Lipinski definition) is 4. The average molecular weight is 240 g/mol. The van der Waals surface area contributed by atoms with Crippen molar-refractivity contribution in [1.82, 2.24) is 0 Å². The molecule has 94 valence electrons. The van der Waals surface area contributed by atoms with E-state index < -0.39 is 17.2 Å². The molecule has 0 saturated carbocycles. The molecule has 0 radical (unpaired) electrons. The minimum atomic E-state index is -1.22. The molecule has 0 aromatic carbocycles. The summed E-state index contributed by atoms with van der Waals surface area (Å²) in [6, 6.07) is 0. The minimum absolute atomic E-state index is 0.203. The number of carboxylic acids is 1. The maximum absolute atomic E-state index is 11.0. The van der Waals surface area contributed by atoms with Gasteiger partial charge in [-0.1, -0.05) is 0 Å². The van der Waals surface area contributed by atoms with Gasteiger partial charge >= 0.3 is 5.97 Å². The molecule has 0 atom stereocenters. The molecule has 0 aromatic heterocycles. The molecule has 1 N–H and O–H groups in total. The number of aliphatic carboxylic acids is 1. The number of carbonyl (C=O) groups is 2. The summed E-state index contributed by atoms with van der Waals surface area (Å²) in [5.41, 5.74) is -1.78. The third kappa shape index (κ3) is 4.50. The van der Waals surface area contributed by atoms with Gasteiger partial charge in [0.15, 0.2) is 11.4 Å². The van der Waals surface area contributed by atoms with Gasteiger partial charge in [-0.05, 0) is 45.1 Å². The first-order valence-corrected chi connectivity index (χ1v) is 5.24. The SMILES string of the molecule is CC(C)(C)OOC1(CC(=O)O)C=CC(=O)C=C1. The van der Waals surface area contributed by atoms with E-state index in [0.29, 0.717) is 0 Å². The fourth-order valence-corrected chi connectivity index (χ4v) is 1.20. The van der Waals surface area contributed by atoms with Gasteiger partial charge in [-0.2, -0.15) is 0 Å². The standard InChI is InChI=1S/C12H16O5/c1-11(2,3)16-17-12(8-10(14)15)6-4-9(13)5-7-12/h4-7H,8H2,1-3H3,(H,14,15). The summed E-state index contributed by atoms with van der Waals surface area (Å²) in [4.78, 5) is 32.1. The van der Waals surface area contributed by atoms with Gasteiger partial charge in [-0.15, -0.1) is 0 Å². The summed E-state index contributed by atoms with van der Waals surface area (Å²) in [6.07, 6.45) is 5.04. The fraction of sp³-hybridized carbons (Fsp3) is 0.500. The van der Waals surface area contributed by atoms with Crippen molar-refractivity contribution in [3.63, 3.8) is 0 Å². The van der Waals surface area contributed by atoms with Crippen LogP contribution in [0, 0.1) is 0 Å². The van der Waals surface area contributed by atoms with Gasteiger partial charge < -0.3 is 5.11 Å². The van der Waals surface area contributed by atoms with Crippen LogP contribution in [0.1, 0.15) is 27.2 Å². The number of carbonyl (C=O) groups excluding carboxylic acids is 1. The molecule has 1 aliphatic carbocycles. The second-order valence-electron chi connectivity index (χ2n) is 4.87. The molecule has 0 saturated heterocycles. The Bertz CT molecular complexity index is 357. The fourth-order valence-electron chi connectivity index (χ4n) is 1.20. The quantitative estimate of drug-likeness (QED) is 0.597. The van der Waals surface area contributed by atoms with Gasteiger partial charge in [0.2, 0.25) is 0 Å². The van der Waals surface area contributed by atoms with Crippen molar-refractivity contribution < 1.29 is 24.5 Å². The second kappa shape index (κ2) is 4.81. The van der Waals surface area contributed by atoms with E-state index in [1.807, 2.05) is 0 Å². The summed E-state index contributed by atoms with van der Waals surface area (Å²) in [7, 11) is 0. The first-order chi connectivity index (χ1) is 7.72. The highest BCUT2D eigenvalue weighted by atomic mass is 17.2. The monoisotopic (exact) mass is 240 g/mol. The lowest BCUT2D eigenvalue weighted by molar-refractivity contribution is -0.383. The van der Waals surface area contributed by atoms with Crippen LogP contribution >= 0.6 is 0 Å². The molecule has 5 heteroatoms. The predicted molar refractivity (Wildman–Crippen MR) is 60.2 cm³/mol. The Labute approximate surface area is 99.6 Å². The van der Waals surface area contributed by atoms with Crippen molar-refractivity contribution in [2.45, 2.75) is 38.4 Å². The molecular formula is C12H16O5. The zero-order valence-corrected chi connectivity index (χ0v) is 10.1. The lowest BCUT2D eigenvalue weighted by Gasteiger charge is -2.29. The van der Waals surface area contributed by atoms with E-state index in [-0.39, 0.29) is 12.2 Å². The third-order valence-corrected chi connectivity index (χ3v) is 1.93. The number of ketones is 1. The van der Waals surface area contributed by atoms with Crippen molar-refractivity contribution in [3.8, 4) is 0 Å². The Morgan fingerprint density at radius 1 is 1.35 bits per heavy atom. The number of hydrogen-bond donors (Lipinski definition) is 1. The average Bonchev–Trinajstić information content (AvgIpc) is 2.18. The van der Waals surface area contributed by atoms with Crippen LogP contribution < -0.4 is 0 Å². The smallest absolute Gasteiger partial charge is 0.307 e. The lowest BCUT2D eigenvalue weighted by atomic mass is 9.94. The van der Waals surface area contributed by atoms with Crippen molar-refractivity contribution in [1.29, 1.82) is 0 Å². The molecule has 0 bridgehead atoms. The van der Waals surface area contributed by atoms with Gasteiger partial charge in [-0.25, -0.2) is 9.78 Å². The molecule has 0 heterocycles. The number of carboxylic acid groups (broad SMARTS) is 1. The second-order valence-corrected chi connectivity index (χ2v) is 4.87. The van der Waals surface area contributed by atoms with E-state index in [1.165, 1.54) is 24.3 Å². The Morgan fingerprint density at radius 2 is 1.88 bits per heavy atom. The van der Waals surface area contributed by atoms with Crippen LogP contribution in [-0.2, 0) is 19.4 Å². The Hall–Kier alpha value is -1.46. The van der Waals surface area contributed by atoms with Crippen molar-refractivity contribution >= 4 is 11.8 Å². The molecule has 0 spiro atoms. The largest absolute Gasteiger partial charge is 0.481 e. The van der Waals surface area contributed by atoms with Gasteiger partial charge in [0.05, 0.1) is 12.0 Å². The Morgan fingerprint density at radius 3 is 2.29 bits per heavy atom. The highest BCUT2D eigenvalue weighted by molar-refractivity contribution is 6.00. The van der Waals surface area contributed by atoms with Crippen LogP contribution in [0.2, 0.25) is 0 Å². The molecule has 0 aromatic rings. The van der Waals surface area contributed by atoms with E-state index in [0.717, 1.165) is 0 Å². The Balaban J connectivity index is 2.81. The van der Waals surface area contributed by atoms with E-state index in [1.54, 1.807) is 20.8 Å². The molecule has 1 aliphatic rings. The summed E-state index contributed by atoms with van der Waals surface area (Å²) >= 11 is 0. The third-order valence-electron chi connectivity index (χ3n) is 1.93. The van der Waals surface area contributed by atoms with Gasteiger partial charge in [0, 0.05) is 0 Å². The highest BCUT2D eigenvalue weighted by Crippen LogP contribution is 2.26. The van der Waals surface area contributed by atoms with E-state index in [4.69, 9.17) is 14.9 Å². The summed E-state index contributed by atoms with van der Waals surface area (Å²) in [6.45, 7) is 5.34. The highest BCUT2D eigenvalue weighted by Gasteiger charge is 2.34. The lowest BCUT2D eigenvalue weighted by Crippen LogP contribution is -2.36. The van der Waals surface area contributed by atoms with Crippen molar-refractivity contribution in [2.24, 2.45) is 0 Å². The minimum Gasteiger partial charge on any atom is -0.481 e. The van der Waals surface area contributed by atoms with E-state index in [2.05, 4.69) is 0 Å². The normalized spacial score (nSPS) is 18.4. The first kappa shape index (κ1) is 13.6. The van der Waals surface area contributed by atoms with Crippen LogP contribution in [0.25, 0.3) is 0 Å². The van der Waals surface area contributed by atoms with Crippen LogP contribution in [0.15, 0.2) is 24.3 Å². The molecule has 0 aliphatic heterocycles. The van der Waals surface area contributed by atoms with E-state index in [9.17, 15) is 9.59 Å². The maximum atomic E-state index is 11.0. The van der Waals surface area contributed by atoms with Crippen LogP contribution in [0.5, 0.6) is 0 Å². The van der Waals surface area contributed by atoms with Crippen molar-refractivity contribution in [2.75, 3.05) is 0 Å². The molecule has 1 rings (SSSR count). The van der Waals surface area contributed by atoms with Gasteiger partial charge in [0.1, 0.15) is 0 Å². The first-order valence-electron chi connectivity index (χ1n) is 5.24. The van der Waals surface area contributed by atoms with Crippen LogP contribution in [0.4, 0.5) is 0 Å².